The number of nitrogens with zero attached hydrogens (tertiary/aromatic N) is 2. The first-order valence-electron chi connectivity index (χ1n) is 7.12. The standard InChI is InChI=1S/C15H19N3O/c16-9-12-6-7-14(11-4-5-11)18-15(12)17-13-3-1-2-8-19-10-13/h6-7,11,13H,1-5,8,10H2,(H,17,18). The van der Waals surface area contributed by atoms with Crippen LogP contribution < -0.4 is 5.32 Å². The number of anilines is 1. The molecular weight excluding hydrogens is 238 g/mol. The van der Waals surface area contributed by atoms with Crippen LogP contribution in [-0.2, 0) is 4.74 Å². The molecule has 1 aliphatic heterocycles. The summed E-state index contributed by atoms with van der Waals surface area (Å²) >= 11 is 0. The van der Waals surface area contributed by atoms with Crippen LogP contribution in [0.5, 0.6) is 0 Å². The quantitative estimate of drug-likeness (QED) is 0.904. The van der Waals surface area contributed by atoms with E-state index in [1.807, 2.05) is 12.1 Å². The normalized spacial score (nSPS) is 23.4. The Kier molecular flexibility index (Phi) is 3.65. The van der Waals surface area contributed by atoms with Crippen molar-refractivity contribution < 1.29 is 4.74 Å². The van der Waals surface area contributed by atoms with Gasteiger partial charge in [-0.1, -0.05) is 0 Å². The molecule has 1 atom stereocenters. The first-order valence-corrected chi connectivity index (χ1v) is 7.12. The maximum atomic E-state index is 9.19. The number of hydrogen-bond donors (Lipinski definition) is 1. The summed E-state index contributed by atoms with van der Waals surface area (Å²) in [6, 6.07) is 6.38. The molecule has 0 spiro atoms. The van der Waals surface area contributed by atoms with Gasteiger partial charge >= 0.3 is 0 Å². The van der Waals surface area contributed by atoms with Gasteiger partial charge in [-0.3, -0.25) is 0 Å². The lowest BCUT2D eigenvalue weighted by Crippen LogP contribution is -2.25. The molecule has 2 fully saturated rings. The van der Waals surface area contributed by atoms with Crippen LogP contribution in [0.15, 0.2) is 12.1 Å². The Bertz CT molecular complexity index is 483. The molecule has 2 heterocycles. The Hall–Kier alpha value is -1.60. The third kappa shape index (κ3) is 3.05. The molecule has 0 bridgehead atoms. The van der Waals surface area contributed by atoms with Crippen molar-refractivity contribution in [2.75, 3.05) is 18.5 Å². The fourth-order valence-electron chi connectivity index (χ4n) is 2.49. The molecule has 4 heteroatoms. The summed E-state index contributed by atoms with van der Waals surface area (Å²) in [6.07, 6.45) is 5.83. The highest BCUT2D eigenvalue weighted by molar-refractivity contribution is 5.53. The maximum absolute atomic E-state index is 9.19. The SMILES string of the molecule is N#Cc1ccc(C2CC2)nc1NC1CCCCOC1. The third-order valence-electron chi connectivity index (χ3n) is 3.78. The van der Waals surface area contributed by atoms with Crippen LogP contribution >= 0.6 is 0 Å². The number of ether oxygens (including phenoxy) is 1. The van der Waals surface area contributed by atoms with Crippen molar-refractivity contribution in [1.29, 1.82) is 5.26 Å². The van der Waals surface area contributed by atoms with E-state index in [0.717, 1.165) is 31.0 Å². The van der Waals surface area contributed by atoms with Crippen molar-refractivity contribution in [2.24, 2.45) is 0 Å². The van der Waals surface area contributed by atoms with E-state index in [-0.39, 0.29) is 6.04 Å². The molecule has 4 nitrogen and oxygen atoms in total. The van der Waals surface area contributed by atoms with Crippen molar-refractivity contribution in [1.82, 2.24) is 4.98 Å². The minimum atomic E-state index is 0.275. The Labute approximate surface area is 113 Å². The van der Waals surface area contributed by atoms with Gasteiger partial charge in [0.25, 0.3) is 0 Å². The first-order chi connectivity index (χ1) is 9.36. The zero-order valence-electron chi connectivity index (χ0n) is 11.1. The summed E-state index contributed by atoms with van der Waals surface area (Å²) in [4.78, 5) is 4.64. The summed E-state index contributed by atoms with van der Waals surface area (Å²) in [5.74, 6) is 1.35. The highest BCUT2D eigenvalue weighted by Crippen LogP contribution is 2.39. The van der Waals surface area contributed by atoms with E-state index in [1.165, 1.54) is 19.3 Å². The molecule has 19 heavy (non-hydrogen) atoms. The molecule has 1 saturated heterocycles. The van der Waals surface area contributed by atoms with Crippen LogP contribution in [-0.4, -0.2) is 24.2 Å². The van der Waals surface area contributed by atoms with Crippen molar-refractivity contribution in [2.45, 2.75) is 44.1 Å². The summed E-state index contributed by atoms with van der Waals surface area (Å²) in [5, 5.41) is 12.6. The molecule has 1 unspecified atom stereocenters. The molecule has 1 aromatic rings. The number of hydrogen-bond acceptors (Lipinski definition) is 4. The Balaban J connectivity index is 1.77. The first kappa shape index (κ1) is 12.4. The molecule has 1 aromatic heterocycles. The molecule has 2 aliphatic rings. The topological polar surface area (TPSA) is 57.9 Å². The zero-order valence-corrected chi connectivity index (χ0v) is 11.1. The molecule has 1 N–H and O–H groups in total. The van der Waals surface area contributed by atoms with Gasteiger partial charge in [0.15, 0.2) is 0 Å². The van der Waals surface area contributed by atoms with Gasteiger partial charge in [-0.25, -0.2) is 4.98 Å². The van der Waals surface area contributed by atoms with Crippen LogP contribution in [0.2, 0.25) is 0 Å². The summed E-state index contributed by atoms with van der Waals surface area (Å²) in [5.41, 5.74) is 1.75. The van der Waals surface area contributed by atoms with Gasteiger partial charge in [-0.05, 0) is 44.2 Å². The van der Waals surface area contributed by atoms with Crippen molar-refractivity contribution >= 4 is 5.82 Å². The van der Waals surface area contributed by atoms with Crippen molar-refractivity contribution in [3.63, 3.8) is 0 Å². The number of aromatic nitrogens is 1. The van der Waals surface area contributed by atoms with E-state index >= 15 is 0 Å². The maximum Gasteiger partial charge on any atom is 0.144 e. The number of nitriles is 1. The van der Waals surface area contributed by atoms with Crippen LogP contribution in [0.25, 0.3) is 0 Å². The minimum Gasteiger partial charge on any atom is -0.379 e. The van der Waals surface area contributed by atoms with Crippen molar-refractivity contribution in [3.8, 4) is 6.07 Å². The van der Waals surface area contributed by atoms with E-state index in [0.29, 0.717) is 18.1 Å². The second kappa shape index (κ2) is 5.58. The second-order valence-corrected chi connectivity index (χ2v) is 5.43. The number of nitrogens with one attached hydrogen (secondary N) is 1. The lowest BCUT2D eigenvalue weighted by atomic mass is 10.1. The van der Waals surface area contributed by atoms with Gasteiger partial charge in [0.1, 0.15) is 11.9 Å². The lowest BCUT2D eigenvalue weighted by Gasteiger charge is -2.17. The van der Waals surface area contributed by atoms with E-state index in [2.05, 4.69) is 16.4 Å². The van der Waals surface area contributed by atoms with Gasteiger partial charge in [-0.15, -0.1) is 0 Å². The van der Waals surface area contributed by atoms with Gasteiger partial charge in [0.2, 0.25) is 0 Å². The summed E-state index contributed by atoms with van der Waals surface area (Å²) in [6.45, 7) is 1.55. The summed E-state index contributed by atoms with van der Waals surface area (Å²) < 4.78 is 5.57. The predicted molar refractivity (Wildman–Crippen MR) is 73.0 cm³/mol. The minimum absolute atomic E-state index is 0.275. The van der Waals surface area contributed by atoms with Crippen LogP contribution in [0.1, 0.15) is 49.3 Å². The zero-order chi connectivity index (χ0) is 13.1. The third-order valence-corrected chi connectivity index (χ3v) is 3.78. The van der Waals surface area contributed by atoms with E-state index in [4.69, 9.17) is 4.74 Å². The van der Waals surface area contributed by atoms with Gasteiger partial charge in [-0.2, -0.15) is 5.26 Å². The Morgan fingerprint density at radius 1 is 1.26 bits per heavy atom. The lowest BCUT2D eigenvalue weighted by molar-refractivity contribution is 0.138. The summed E-state index contributed by atoms with van der Waals surface area (Å²) in [7, 11) is 0. The Morgan fingerprint density at radius 2 is 2.16 bits per heavy atom. The van der Waals surface area contributed by atoms with Gasteiger partial charge < -0.3 is 10.1 Å². The smallest absolute Gasteiger partial charge is 0.144 e. The molecule has 0 radical (unpaired) electrons. The Morgan fingerprint density at radius 3 is 2.95 bits per heavy atom. The van der Waals surface area contributed by atoms with Crippen LogP contribution in [0.4, 0.5) is 5.82 Å². The van der Waals surface area contributed by atoms with E-state index < -0.39 is 0 Å². The van der Waals surface area contributed by atoms with E-state index in [9.17, 15) is 5.26 Å². The fraction of sp³-hybridized carbons (Fsp3) is 0.600. The number of rotatable bonds is 3. The molecule has 0 amide bonds. The molecule has 1 aliphatic carbocycles. The highest BCUT2D eigenvalue weighted by atomic mass is 16.5. The number of pyridine rings is 1. The average molecular weight is 257 g/mol. The van der Waals surface area contributed by atoms with Gasteiger partial charge in [0, 0.05) is 18.2 Å². The average Bonchev–Trinajstić information content (AvgIpc) is 3.26. The molecule has 0 aromatic carbocycles. The molecule has 1 saturated carbocycles. The van der Waals surface area contributed by atoms with Crippen LogP contribution in [0.3, 0.4) is 0 Å². The fourth-order valence-corrected chi connectivity index (χ4v) is 2.49. The molecular formula is C15H19N3O. The van der Waals surface area contributed by atoms with Gasteiger partial charge in [0.05, 0.1) is 18.2 Å². The molecule has 3 rings (SSSR count). The largest absolute Gasteiger partial charge is 0.379 e. The second-order valence-electron chi connectivity index (χ2n) is 5.43. The highest BCUT2D eigenvalue weighted by Gasteiger charge is 2.26. The predicted octanol–water partition coefficient (Wildman–Crippen LogP) is 2.81. The van der Waals surface area contributed by atoms with Crippen molar-refractivity contribution in [3.05, 3.63) is 23.4 Å². The molecule has 100 valence electrons. The van der Waals surface area contributed by atoms with E-state index in [1.54, 1.807) is 0 Å². The van der Waals surface area contributed by atoms with Crippen LogP contribution in [0, 0.1) is 11.3 Å². The monoisotopic (exact) mass is 257 g/mol.